The lowest BCUT2D eigenvalue weighted by molar-refractivity contribution is -0.134. The fourth-order valence-corrected chi connectivity index (χ4v) is 2.81. The predicted octanol–water partition coefficient (Wildman–Crippen LogP) is 4.84. The minimum Gasteiger partial charge on any atom is -0.446 e. The summed E-state index contributed by atoms with van der Waals surface area (Å²) >= 11 is 5.96. The van der Waals surface area contributed by atoms with Crippen LogP contribution in [0.4, 0.5) is 10.1 Å². The molecule has 6 nitrogen and oxygen atoms in total. The summed E-state index contributed by atoms with van der Waals surface area (Å²) in [5, 5.41) is 2.99. The molecule has 0 fully saturated rings. The van der Waals surface area contributed by atoms with Crippen molar-refractivity contribution < 1.29 is 18.7 Å². The molecule has 4 rings (SSSR count). The summed E-state index contributed by atoms with van der Waals surface area (Å²) in [6, 6.07) is 19.5. The van der Waals surface area contributed by atoms with Crippen molar-refractivity contribution in [2.24, 2.45) is 0 Å². The molecule has 1 unspecified atom stereocenters. The third-order valence-electron chi connectivity index (χ3n) is 4.04. The van der Waals surface area contributed by atoms with Gasteiger partial charge in [-0.05, 0) is 42.5 Å². The van der Waals surface area contributed by atoms with Gasteiger partial charge >= 0.3 is 12.2 Å². The van der Waals surface area contributed by atoms with Crippen LogP contribution in [0.15, 0.2) is 79.0 Å². The van der Waals surface area contributed by atoms with E-state index in [1.165, 1.54) is 24.4 Å². The number of amides is 1. The Labute approximate surface area is 176 Å². The summed E-state index contributed by atoms with van der Waals surface area (Å²) in [7, 11) is 0. The van der Waals surface area contributed by atoms with Crippen molar-refractivity contribution in [2.75, 3.05) is 5.32 Å². The van der Waals surface area contributed by atoms with Crippen LogP contribution in [0.2, 0.25) is 5.02 Å². The van der Waals surface area contributed by atoms with Crippen molar-refractivity contribution >= 4 is 34.2 Å². The van der Waals surface area contributed by atoms with Crippen molar-refractivity contribution in [1.29, 1.82) is 0 Å². The van der Waals surface area contributed by atoms with Crippen LogP contribution in [-0.2, 0) is 4.79 Å². The minimum atomic E-state index is -1.44. The number of benzene rings is 3. The first-order chi connectivity index (χ1) is 14.6. The van der Waals surface area contributed by atoms with Gasteiger partial charge in [-0.25, -0.2) is 14.4 Å². The molecule has 0 spiro atoms. The maximum atomic E-state index is 13.9. The Morgan fingerprint density at radius 3 is 2.53 bits per heavy atom. The number of nitrogens with zero attached hydrogens (tertiary/aromatic N) is 2. The van der Waals surface area contributed by atoms with Gasteiger partial charge in [-0.15, -0.1) is 0 Å². The SMILES string of the molecule is O=C(Nc1ccccc1F)C(Oc1ccccc1)Oc1cnc2cc(Cl)ccc2n1. The first kappa shape index (κ1) is 19.6. The first-order valence-corrected chi connectivity index (χ1v) is 9.32. The topological polar surface area (TPSA) is 73.3 Å². The van der Waals surface area contributed by atoms with Gasteiger partial charge in [0.25, 0.3) is 0 Å². The van der Waals surface area contributed by atoms with Gasteiger partial charge in [0.15, 0.2) is 0 Å². The lowest BCUT2D eigenvalue weighted by Gasteiger charge is -2.19. The summed E-state index contributed by atoms with van der Waals surface area (Å²) in [5.74, 6) is -0.824. The summed E-state index contributed by atoms with van der Waals surface area (Å²) in [6.45, 7) is 0. The number of carbonyl (C=O) groups excluding carboxylic acids is 1. The molecule has 0 radical (unpaired) electrons. The predicted molar refractivity (Wildman–Crippen MR) is 111 cm³/mol. The highest BCUT2D eigenvalue weighted by Crippen LogP contribution is 2.21. The van der Waals surface area contributed by atoms with E-state index in [1.54, 1.807) is 48.5 Å². The number of rotatable bonds is 6. The maximum Gasteiger partial charge on any atom is 0.323 e. The van der Waals surface area contributed by atoms with Crippen LogP contribution < -0.4 is 14.8 Å². The van der Waals surface area contributed by atoms with E-state index in [4.69, 9.17) is 21.1 Å². The maximum absolute atomic E-state index is 13.9. The Balaban J connectivity index is 1.60. The van der Waals surface area contributed by atoms with Crippen LogP contribution in [0.25, 0.3) is 11.0 Å². The summed E-state index contributed by atoms with van der Waals surface area (Å²) in [6.07, 6.45) is -0.0813. The molecule has 4 aromatic rings. The second kappa shape index (κ2) is 8.75. The van der Waals surface area contributed by atoms with Gasteiger partial charge in [-0.3, -0.25) is 4.79 Å². The number of fused-ring (bicyclic) bond motifs is 1. The zero-order valence-electron chi connectivity index (χ0n) is 15.5. The van der Waals surface area contributed by atoms with Gasteiger partial charge in [0.05, 0.1) is 22.9 Å². The van der Waals surface area contributed by atoms with E-state index in [-0.39, 0.29) is 11.6 Å². The number of ether oxygens (including phenoxy) is 2. The molecule has 0 bridgehead atoms. The number of carbonyl (C=O) groups is 1. The third kappa shape index (κ3) is 4.64. The molecule has 1 amide bonds. The molecule has 0 aliphatic rings. The largest absolute Gasteiger partial charge is 0.446 e. The van der Waals surface area contributed by atoms with Gasteiger partial charge in [0.2, 0.25) is 5.88 Å². The molecule has 0 saturated carbocycles. The van der Waals surface area contributed by atoms with Crippen molar-refractivity contribution in [1.82, 2.24) is 9.97 Å². The van der Waals surface area contributed by atoms with Crippen molar-refractivity contribution in [2.45, 2.75) is 6.29 Å². The Bertz CT molecular complexity index is 1190. The highest BCUT2D eigenvalue weighted by atomic mass is 35.5. The fourth-order valence-electron chi connectivity index (χ4n) is 2.64. The van der Waals surface area contributed by atoms with Crippen molar-refractivity contribution in [3.63, 3.8) is 0 Å². The standard InChI is InChI=1S/C22H15ClFN3O3/c23-14-10-11-18-19(12-14)25-13-20(26-18)30-22(29-15-6-2-1-3-7-15)21(28)27-17-9-5-4-8-16(17)24/h1-13,22H,(H,27,28). The number of hydrogen-bond donors (Lipinski definition) is 1. The van der Waals surface area contributed by atoms with E-state index in [0.29, 0.717) is 21.8 Å². The molecule has 8 heteroatoms. The number of anilines is 1. The molecule has 0 aliphatic carbocycles. The number of halogens is 2. The number of hydrogen-bond acceptors (Lipinski definition) is 5. The van der Waals surface area contributed by atoms with Crippen LogP contribution in [0.5, 0.6) is 11.6 Å². The second-order valence-electron chi connectivity index (χ2n) is 6.19. The summed E-state index contributed by atoms with van der Waals surface area (Å²) in [5.41, 5.74) is 1.11. The first-order valence-electron chi connectivity index (χ1n) is 8.94. The molecule has 3 aromatic carbocycles. The molecule has 150 valence electrons. The molecular formula is C22H15ClFN3O3. The highest BCUT2D eigenvalue weighted by Gasteiger charge is 2.24. The van der Waals surface area contributed by atoms with Crippen LogP contribution in [0, 0.1) is 5.82 Å². The molecular weight excluding hydrogens is 409 g/mol. The zero-order chi connectivity index (χ0) is 20.9. The molecule has 1 aromatic heterocycles. The molecule has 1 heterocycles. The lowest BCUT2D eigenvalue weighted by atomic mass is 10.3. The smallest absolute Gasteiger partial charge is 0.323 e. The van der Waals surface area contributed by atoms with Crippen LogP contribution in [-0.4, -0.2) is 22.2 Å². The van der Waals surface area contributed by atoms with E-state index in [2.05, 4.69) is 15.3 Å². The lowest BCUT2D eigenvalue weighted by Crippen LogP contribution is -2.38. The summed E-state index contributed by atoms with van der Waals surface area (Å²) in [4.78, 5) is 21.4. The Kier molecular flexibility index (Phi) is 5.72. The van der Waals surface area contributed by atoms with E-state index >= 15 is 0 Å². The molecule has 1 N–H and O–H groups in total. The monoisotopic (exact) mass is 423 g/mol. The number of nitrogens with one attached hydrogen (secondary N) is 1. The zero-order valence-corrected chi connectivity index (χ0v) is 16.2. The molecule has 0 saturated heterocycles. The van der Waals surface area contributed by atoms with Gasteiger partial charge in [-0.2, -0.15) is 0 Å². The number of aromatic nitrogens is 2. The van der Waals surface area contributed by atoms with Crippen molar-refractivity contribution in [3.8, 4) is 11.6 Å². The van der Waals surface area contributed by atoms with E-state index in [0.717, 1.165) is 0 Å². The van der Waals surface area contributed by atoms with Crippen LogP contribution >= 0.6 is 11.6 Å². The Morgan fingerprint density at radius 1 is 0.967 bits per heavy atom. The minimum absolute atomic E-state index is 0.00648. The second-order valence-corrected chi connectivity index (χ2v) is 6.63. The average Bonchev–Trinajstić information content (AvgIpc) is 2.75. The van der Waals surface area contributed by atoms with E-state index < -0.39 is 18.0 Å². The Hall–Kier alpha value is -3.71. The van der Waals surface area contributed by atoms with Gasteiger partial charge < -0.3 is 14.8 Å². The van der Waals surface area contributed by atoms with Crippen LogP contribution in [0.1, 0.15) is 0 Å². The summed E-state index contributed by atoms with van der Waals surface area (Å²) < 4.78 is 25.3. The van der Waals surface area contributed by atoms with Crippen molar-refractivity contribution in [3.05, 3.63) is 89.8 Å². The molecule has 30 heavy (non-hydrogen) atoms. The average molecular weight is 424 g/mol. The third-order valence-corrected chi connectivity index (χ3v) is 4.28. The fraction of sp³-hybridized carbons (Fsp3) is 0.0455. The van der Waals surface area contributed by atoms with Gasteiger partial charge in [0.1, 0.15) is 11.6 Å². The van der Waals surface area contributed by atoms with Crippen LogP contribution in [0.3, 0.4) is 0 Å². The molecule has 0 aliphatic heterocycles. The number of para-hydroxylation sites is 2. The highest BCUT2D eigenvalue weighted by molar-refractivity contribution is 6.31. The van der Waals surface area contributed by atoms with E-state index in [9.17, 15) is 9.18 Å². The van der Waals surface area contributed by atoms with E-state index in [1.807, 2.05) is 6.07 Å². The normalized spacial score (nSPS) is 11.7. The van der Waals surface area contributed by atoms with Gasteiger partial charge in [0, 0.05) is 5.02 Å². The Morgan fingerprint density at radius 2 is 1.73 bits per heavy atom. The van der Waals surface area contributed by atoms with Gasteiger partial charge in [-0.1, -0.05) is 41.9 Å². The quantitative estimate of drug-likeness (QED) is 0.449. The molecule has 1 atom stereocenters.